The Morgan fingerprint density at radius 2 is 1.03 bits per heavy atom. The van der Waals surface area contributed by atoms with Crippen molar-refractivity contribution in [1.29, 1.82) is 0 Å². The van der Waals surface area contributed by atoms with Crippen LogP contribution in [-0.4, -0.2) is 62.9 Å². The zero-order valence-electron chi connectivity index (χ0n) is 41.9. The number of esters is 2. The molecule has 0 saturated carbocycles. The van der Waals surface area contributed by atoms with Gasteiger partial charge in [0.05, 0.1) is 37.4 Å². The van der Waals surface area contributed by atoms with Crippen LogP contribution in [0.1, 0.15) is 92.8 Å². The summed E-state index contributed by atoms with van der Waals surface area (Å²) in [6.07, 6.45) is 9.85. The standard InChI is InChI=1S/C30H29F2N3O4.C26H31N3O4/c1-30(2,3)39-28(36)23-9-11-24(12-10-23)35(18-22-16-33-20-34-17-22)25-13-14-26(38-29(31)32)27(15-25)37-19-21-7-5-4-6-8-21;1-18(2)32-24-13-22(10-11-23(24)31-6)29(16-19-14-27-17-28-15-19)21-9-7-8-20(12-21)25(30)33-26(3,4)5/h4-17,20,29H,18-19H2,1-3H3;7-15,17-18H,16H2,1-6H3. The first-order valence-electron chi connectivity index (χ1n) is 23.1. The van der Waals surface area contributed by atoms with E-state index in [1.54, 1.807) is 74.4 Å². The lowest BCUT2D eigenvalue weighted by atomic mass is 10.1. The first-order chi connectivity index (χ1) is 34.3. The summed E-state index contributed by atoms with van der Waals surface area (Å²) in [5.41, 5.74) is 5.38. The van der Waals surface area contributed by atoms with E-state index in [2.05, 4.69) is 24.8 Å². The molecule has 16 heteroatoms. The van der Waals surface area contributed by atoms with E-state index in [1.165, 1.54) is 18.7 Å². The van der Waals surface area contributed by atoms with E-state index < -0.39 is 23.8 Å². The van der Waals surface area contributed by atoms with Crippen molar-refractivity contribution in [3.63, 3.8) is 0 Å². The molecule has 5 aromatic carbocycles. The van der Waals surface area contributed by atoms with Gasteiger partial charge in [0.1, 0.15) is 30.5 Å². The molecule has 0 saturated heterocycles. The number of rotatable bonds is 18. The largest absolute Gasteiger partial charge is 0.493 e. The van der Waals surface area contributed by atoms with Gasteiger partial charge in [-0.1, -0.05) is 36.4 Å². The molecule has 0 spiro atoms. The van der Waals surface area contributed by atoms with Crippen molar-refractivity contribution in [2.45, 2.75) is 99.0 Å². The topological polar surface area (TPSA) is 148 Å². The van der Waals surface area contributed by atoms with Crippen molar-refractivity contribution >= 4 is 34.7 Å². The molecule has 0 atom stereocenters. The van der Waals surface area contributed by atoms with Gasteiger partial charge in [0.15, 0.2) is 23.0 Å². The van der Waals surface area contributed by atoms with Gasteiger partial charge in [-0.2, -0.15) is 8.78 Å². The molecule has 0 bridgehead atoms. The van der Waals surface area contributed by atoms with E-state index in [-0.39, 0.29) is 30.2 Å². The van der Waals surface area contributed by atoms with Crippen molar-refractivity contribution in [3.8, 4) is 23.0 Å². The fraction of sp³-hybridized carbons (Fsp3) is 0.286. The predicted octanol–water partition coefficient (Wildman–Crippen LogP) is 12.5. The highest BCUT2D eigenvalue weighted by Crippen LogP contribution is 2.39. The molecular weight excluding hydrogens is 923 g/mol. The summed E-state index contributed by atoms with van der Waals surface area (Å²) in [5.74, 6) is 0.581. The van der Waals surface area contributed by atoms with Gasteiger partial charge in [0.2, 0.25) is 0 Å². The Labute approximate surface area is 419 Å². The number of hydrogen-bond donors (Lipinski definition) is 0. The molecule has 72 heavy (non-hydrogen) atoms. The second-order valence-electron chi connectivity index (χ2n) is 18.6. The molecule has 0 aliphatic rings. The zero-order chi connectivity index (χ0) is 51.8. The highest BCUT2D eigenvalue weighted by atomic mass is 19.3. The quantitative estimate of drug-likeness (QED) is 0.0751. The molecule has 0 radical (unpaired) electrons. The Bertz CT molecular complexity index is 2830. The number of anilines is 4. The van der Waals surface area contributed by atoms with Gasteiger partial charge in [0, 0.05) is 70.8 Å². The van der Waals surface area contributed by atoms with E-state index in [4.69, 9.17) is 28.4 Å². The Morgan fingerprint density at radius 3 is 1.56 bits per heavy atom. The minimum absolute atomic E-state index is 0.0133. The van der Waals surface area contributed by atoms with E-state index in [1.807, 2.05) is 127 Å². The Morgan fingerprint density at radius 1 is 0.528 bits per heavy atom. The lowest BCUT2D eigenvalue weighted by molar-refractivity contribution is -0.0516. The van der Waals surface area contributed by atoms with Crippen LogP contribution in [0.2, 0.25) is 0 Å². The first-order valence-corrected chi connectivity index (χ1v) is 23.1. The van der Waals surface area contributed by atoms with Gasteiger partial charge < -0.3 is 38.2 Å². The van der Waals surface area contributed by atoms with Crippen LogP contribution in [0.3, 0.4) is 0 Å². The molecule has 0 N–H and O–H groups in total. The monoisotopic (exact) mass is 982 g/mol. The summed E-state index contributed by atoms with van der Waals surface area (Å²) in [7, 11) is 1.62. The van der Waals surface area contributed by atoms with Crippen LogP contribution in [0.25, 0.3) is 0 Å². The second kappa shape index (κ2) is 24.6. The van der Waals surface area contributed by atoms with Gasteiger partial charge in [-0.3, -0.25) is 0 Å². The molecule has 0 unspecified atom stereocenters. The van der Waals surface area contributed by atoms with E-state index >= 15 is 0 Å². The lowest BCUT2D eigenvalue weighted by Gasteiger charge is -2.27. The summed E-state index contributed by atoms with van der Waals surface area (Å²) < 4.78 is 59.4. The average molecular weight is 983 g/mol. The lowest BCUT2D eigenvalue weighted by Crippen LogP contribution is -2.24. The number of hydrogen-bond acceptors (Lipinski definition) is 14. The smallest absolute Gasteiger partial charge is 0.387 e. The van der Waals surface area contributed by atoms with Crippen molar-refractivity contribution in [2.75, 3.05) is 16.9 Å². The highest BCUT2D eigenvalue weighted by molar-refractivity contribution is 5.91. The third-order valence-corrected chi connectivity index (χ3v) is 10.0. The molecule has 0 aliphatic carbocycles. The molecule has 0 fully saturated rings. The molecule has 2 heterocycles. The number of alkyl halides is 2. The number of ether oxygens (including phenoxy) is 6. The predicted molar refractivity (Wildman–Crippen MR) is 272 cm³/mol. The number of methoxy groups -OCH3 is 1. The van der Waals surface area contributed by atoms with Crippen molar-refractivity contribution in [3.05, 3.63) is 181 Å². The summed E-state index contributed by atoms with van der Waals surface area (Å²) in [6.45, 7) is 12.9. The van der Waals surface area contributed by atoms with Crippen LogP contribution in [0.5, 0.6) is 23.0 Å². The van der Waals surface area contributed by atoms with E-state index in [9.17, 15) is 18.4 Å². The SMILES string of the molecule is CC(C)(C)OC(=O)c1ccc(N(Cc2cncnc2)c2ccc(OC(F)F)c(OCc3ccccc3)c2)cc1.COc1ccc(N(Cc2cncnc2)c2cccc(C(=O)OC(C)(C)C)c2)cc1OC(C)C. The fourth-order valence-corrected chi connectivity index (χ4v) is 6.99. The number of aromatic nitrogens is 4. The van der Waals surface area contributed by atoms with E-state index in [0.29, 0.717) is 41.4 Å². The third-order valence-electron chi connectivity index (χ3n) is 10.0. The number of carbonyl (C=O) groups excluding carboxylic acids is 2. The minimum atomic E-state index is -3.01. The number of nitrogens with zero attached hydrogens (tertiary/aromatic N) is 6. The van der Waals surface area contributed by atoms with Crippen molar-refractivity contribution in [1.82, 2.24) is 19.9 Å². The van der Waals surface area contributed by atoms with Gasteiger partial charge in [-0.05, 0) is 128 Å². The van der Waals surface area contributed by atoms with Crippen molar-refractivity contribution < 1.29 is 46.8 Å². The summed E-state index contributed by atoms with van der Waals surface area (Å²) in [5, 5.41) is 0. The van der Waals surface area contributed by atoms with Crippen LogP contribution in [0.4, 0.5) is 31.5 Å². The minimum Gasteiger partial charge on any atom is -0.493 e. The van der Waals surface area contributed by atoms with Crippen LogP contribution < -0.4 is 28.7 Å². The van der Waals surface area contributed by atoms with Crippen LogP contribution in [0.15, 0.2) is 153 Å². The zero-order valence-corrected chi connectivity index (χ0v) is 41.9. The molecule has 0 amide bonds. The summed E-state index contributed by atoms with van der Waals surface area (Å²) >= 11 is 0. The molecular formula is C56H60F2N6O8. The number of halogens is 2. The van der Waals surface area contributed by atoms with Crippen LogP contribution in [-0.2, 0) is 29.2 Å². The Kier molecular flexibility index (Phi) is 18.2. The maximum atomic E-state index is 13.1. The number of carbonyl (C=O) groups is 2. The van der Waals surface area contributed by atoms with Crippen LogP contribution >= 0.6 is 0 Å². The first kappa shape index (κ1) is 53.2. The summed E-state index contributed by atoms with van der Waals surface area (Å²) in [6, 6.07) is 34.2. The molecule has 376 valence electrons. The maximum Gasteiger partial charge on any atom is 0.387 e. The maximum absolute atomic E-state index is 13.1. The van der Waals surface area contributed by atoms with Gasteiger partial charge in [-0.15, -0.1) is 0 Å². The normalized spacial score (nSPS) is 11.2. The average Bonchev–Trinajstić information content (AvgIpc) is 3.34. The second-order valence-corrected chi connectivity index (χ2v) is 18.6. The van der Waals surface area contributed by atoms with Crippen molar-refractivity contribution in [2.24, 2.45) is 0 Å². The third kappa shape index (κ3) is 16.2. The molecule has 2 aromatic heterocycles. The molecule has 0 aliphatic heterocycles. The molecule has 7 rings (SSSR count). The highest BCUT2D eigenvalue weighted by Gasteiger charge is 2.23. The molecule has 7 aromatic rings. The molecule has 14 nitrogen and oxygen atoms in total. The number of benzene rings is 5. The van der Waals surface area contributed by atoms with Gasteiger partial charge in [-0.25, -0.2) is 29.5 Å². The van der Waals surface area contributed by atoms with Gasteiger partial charge in [0.25, 0.3) is 0 Å². The fourth-order valence-electron chi connectivity index (χ4n) is 6.99. The Balaban J connectivity index is 0.000000239. The summed E-state index contributed by atoms with van der Waals surface area (Å²) in [4.78, 5) is 45.7. The Hall–Kier alpha value is -8.14. The van der Waals surface area contributed by atoms with E-state index in [0.717, 1.165) is 33.8 Å². The van der Waals surface area contributed by atoms with Crippen LogP contribution in [0, 0.1) is 0 Å². The van der Waals surface area contributed by atoms with Gasteiger partial charge >= 0.3 is 18.6 Å².